The lowest BCUT2D eigenvalue weighted by molar-refractivity contribution is -0.130. The molecule has 2 rings (SSSR count). The molecule has 0 bridgehead atoms. The normalized spacial score (nSPS) is 28.2. The summed E-state index contributed by atoms with van der Waals surface area (Å²) in [5.41, 5.74) is 0. The summed E-state index contributed by atoms with van der Waals surface area (Å²) in [5.74, 6) is -0.0411. The first-order valence-electron chi connectivity index (χ1n) is 9.22. The van der Waals surface area contributed by atoms with Crippen LogP contribution in [0.5, 0.6) is 0 Å². The van der Waals surface area contributed by atoms with E-state index in [1.54, 1.807) is 0 Å². The Morgan fingerprint density at radius 3 is 2.50 bits per heavy atom. The fraction of sp³-hybridized carbons (Fsp3) is 0.882. The largest absolute Gasteiger partial charge is 0.394 e. The standard InChI is InChI=1S/C17H31N3O4/c1-2-18-16(22)10-13-8-9-14(15(11-21)24-13)20-17(23)19-12-6-4-3-5-7-12/h12-15,21H,2-11H2,1H3,(H,18,22)(H2,19,20,23)/t13-,14-,15+/m1/s1. The van der Waals surface area contributed by atoms with Gasteiger partial charge in [0.1, 0.15) is 6.10 Å². The summed E-state index contributed by atoms with van der Waals surface area (Å²) in [5, 5.41) is 18.3. The van der Waals surface area contributed by atoms with E-state index in [0.717, 1.165) is 25.7 Å². The van der Waals surface area contributed by atoms with Crippen LogP contribution >= 0.6 is 0 Å². The molecule has 0 radical (unpaired) electrons. The molecule has 0 unspecified atom stereocenters. The molecule has 1 saturated carbocycles. The number of aliphatic hydroxyl groups excluding tert-OH is 1. The average Bonchev–Trinajstić information content (AvgIpc) is 2.57. The van der Waals surface area contributed by atoms with Crippen LogP contribution in [-0.2, 0) is 9.53 Å². The van der Waals surface area contributed by atoms with Crippen LogP contribution in [-0.4, -0.2) is 54.5 Å². The zero-order valence-electron chi connectivity index (χ0n) is 14.6. The van der Waals surface area contributed by atoms with Crippen LogP contribution in [0, 0.1) is 0 Å². The minimum absolute atomic E-state index is 0.0411. The molecule has 1 heterocycles. The summed E-state index contributed by atoms with van der Waals surface area (Å²) in [6, 6.07) is -0.151. The first-order chi connectivity index (χ1) is 11.6. The predicted octanol–water partition coefficient (Wildman–Crippen LogP) is 1.05. The predicted molar refractivity (Wildman–Crippen MR) is 90.6 cm³/mol. The number of amides is 3. The number of carbonyl (C=O) groups is 2. The number of ether oxygens (including phenoxy) is 1. The molecule has 3 atom stereocenters. The van der Waals surface area contributed by atoms with Crippen molar-refractivity contribution in [3.8, 4) is 0 Å². The molecule has 0 aromatic heterocycles. The molecular formula is C17H31N3O4. The van der Waals surface area contributed by atoms with Gasteiger partial charge < -0.3 is 25.8 Å². The van der Waals surface area contributed by atoms with Crippen LogP contribution in [0.2, 0.25) is 0 Å². The van der Waals surface area contributed by atoms with Gasteiger partial charge in [-0.15, -0.1) is 0 Å². The van der Waals surface area contributed by atoms with Gasteiger partial charge in [0.15, 0.2) is 0 Å². The van der Waals surface area contributed by atoms with E-state index >= 15 is 0 Å². The van der Waals surface area contributed by atoms with E-state index in [4.69, 9.17) is 4.74 Å². The zero-order chi connectivity index (χ0) is 17.4. The average molecular weight is 341 g/mol. The minimum atomic E-state index is -0.463. The lowest BCUT2D eigenvalue weighted by Gasteiger charge is -2.36. The van der Waals surface area contributed by atoms with Crippen molar-refractivity contribution in [1.29, 1.82) is 0 Å². The summed E-state index contributed by atoms with van der Waals surface area (Å²) in [6.07, 6.45) is 6.68. The van der Waals surface area contributed by atoms with Gasteiger partial charge in [0.25, 0.3) is 0 Å². The zero-order valence-corrected chi connectivity index (χ0v) is 14.6. The highest BCUT2D eigenvalue weighted by atomic mass is 16.5. The second-order valence-corrected chi connectivity index (χ2v) is 6.77. The maximum atomic E-state index is 12.2. The molecule has 3 amide bonds. The first-order valence-corrected chi connectivity index (χ1v) is 9.22. The van der Waals surface area contributed by atoms with E-state index in [9.17, 15) is 14.7 Å². The Kier molecular flexibility index (Phi) is 7.78. The van der Waals surface area contributed by atoms with Crippen LogP contribution in [0.25, 0.3) is 0 Å². The van der Waals surface area contributed by atoms with Crippen molar-refractivity contribution in [2.75, 3.05) is 13.2 Å². The van der Waals surface area contributed by atoms with Crippen molar-refractivity contribution in [1.82, 2.24) is 16.0 Å². The van der Waals surface area contributed by atoms with E-state index < -0.39 is 6.10 Å². The third-order valence-corrected chi connectivity index (χ3v) is 4.84. The fourth-order valence-electron chi connectivity index (χ4n) is 3.57. The van der Waals surface area contributed by atoms with Gasteiger partial charge in [0, 0.05) is 12.6 Å². The third-order valence-electron chi connectivity index (χ3n) is 4.84. The van der Waals surface area contributed by atoms with E-state index in [1.807, 2.05) is 6.92 Å². The van der Waals surface area contributed by atoms with E-state index in [-0.39, 0.29) is 36.7 Å². The lowest BCUT2D eigenvalue weighted by Crippen LogP contribution is -2.55. The number of hydrogen-bond acceptors (Lipinski definition) is 4. The van der Waals surface area contributed by atoms with Gasteiger partial charge in [0.05, 0.1) is 25.2 Å². The van der Waals surface area contributed by atoms with Gasteiger partial charge in [-0.05, 0) is 32.6 Å². The van der Waals surface area contributed by atoms with Crippen molar-refractivity contribution in [3.63, 3.8) is 0 Å². The number of urea groups is 1. The minimum Gasteiger partial charge on any atom is -0.394 e. The van der Waals surface area contributed by atoms with Crippen LogP contribution in [0.4, 0.5) is 4.79 Å². The maximum Gasteiger partial charge on any atom is 0.315 e. The number of rotatable bonds is 6. The van der Waals surface area contributed by atoms with Crippen molar-refractivity contribution in [2.24, 2.45) is 0 Å². The molecule has 2 aliphatic rings. The molecule has 1 aliphatic carbocycles. The molecule has 24 heavy (non-hydrogen) atoms. The summed E-state index contributed by atoms with van der Waals surface area (Å²) in [7, 11) is 0. The van der Waals surface area contributed by atoms with Gasteiger partial charge in [0.2, 0.25) is 5.91 Å². The van der Waals surface area contributed by atoms with Crippen molar-refractivity contribution in [3.05, 3.63) is 0 Å². The quantitative estimate of drug-likeness (QED) is 0.580. The van der Waals surface area contributed by atoms with Gasteiger partial charge >= 0.3 is 6.03 Å². The van der Waals surface area contributed by atoms with Crippen molar-refractivity contribution in [2.45, 2.75) is 82.6 Å². The summed E-state index contributed by atoms with van der Waals surface area (Å²) >= 11 is 0. The van der Waals surface area contributed by atoms with Crippen LogP contribution in [0.15, 0.2) is 0 Å². The SMILES string of the molecule is CCNC(=O)C[C@H]1CC[C@@H](NC(=O)NC2CCCCC2)[C@H](CO)O1. The van der Waals surface area contributed by atoms with Gasteiger partial charge in [-0.25, -0.2) is 4.79 Å². The topological polar surface area (TPSA) is 99.7 Å². The molecule has 2 fully saturated rings. The van der Waals surface area contributed by atoms with Gasteiger partial charge in [-0.1, -0.05) is 19.3 Å². The second-order valence-electron chi connectivity index (χ2n) is 6.77. The number of hydrogen-bond donors (Lipinski definition) is 4. The second kappa shape index (κ2) is 9.84. The lowest BCUT2D eigenvalue weighted by atomic mass is 9.95. The summed E-state index contributed by atoms with van der Waals surface area (Å²) in [4.78, 5) is 23.8. The Balaban J connectivity index is 1.76. The Morgan fingerprint density at radius 2 is 1.83 bits per heavy atom. The van der Waals surface area contributed by atoms with Crippen LogP contribution in [0.1, 0.15) is 58.3 Å². The molecule has 7 nitrogen and oxygen atoms in total. The Labute approximate surface area is 143 Å². The van der Waals surface area contributed by atoms with E-state index in [1.165, 1.54) is 6.42 Å². The maximum absolute atomic E-state index is 12.2. The molecule has 0 aromatic carbocycles. The third kappa shape index (κ3) is 5.94. The van der Waals surface area contributed by atoms with E-state index in [2.05, 4.69) is 16.0 Å². The smallest absolute Gasteiger partial charge is 0.315 e. The molecule has 7 heteroatoms. The molecule has 0 spiro atoms. The molecular weight excluding hydrogens is 310 g/mol. The fourth-order valence-corrected chi connectivity index (χ4v) is 3.57. The highest BCUT2D eigenvalue weighted by Gasteiger charge is 2.33. The first kappa shape index (κ1) is 19.0. The molecule has 1 saturated heterocycles. The summed E-state index contributed by atoms with van der Waals surface area (Å²) < 4.78 is 5.80. The van der Waals surface area contributed by atoms with Gasteiger partial charge in [-0.2, -0.15) is 0 Å². The number of nitrogens with one attached hydrogen (secondary N) is 3. The molecule has 4 N–H and O–H groups in total. The molecule has 0 aromatic rings. The highest BCUT2D eigenvalue weighted by Crippen LogP contribution is 2.22. The highest BCUT2D eigenvalue weighted by molar-refractivity contribution is 5.76. The van der Waals surface area contributed by atoms with Gasteiger partial charge in [-0.3, -0.25) is 4.79 Å². The molecule has 1 aliphatic heterocycles. The van der Waals surface area contributed by atoms with Crippen molar-refractivity contribution < 1.29 is 19.4 Å². The Morgan fingerprint density at radius 1 is 1.08 bits per heavy atom. The van der Waals surface area contributed by atoms with Crippen LogP contribution in [0.3, 0.4) is 0 Å². The Hall–Kier alpha value is -1.34. The van der Waals surface area contributed by atoms with E-state index in [0.29, 0.717) is 25.8 Å². The number of aliphatic hydroxyl groups is 1. The Bertz CT molecular complexity index is 413. The van der Waals surface area contributed by atoms with Crippen LogP contribution < -0.4 is 16.0 Å². The monoisotopic (exact) mass is 341 g/mol. The van der Waals surface area contributed by atoms with Crippen molar-refractivity contribution >= 4 is 11.9 Å². The summed E-state index contributed by atoms with van der Waals surface area (Å²) in [6.45, 7) is 2.31. The molecule has 138 valence electrons. The number of carbonyl (C=O) groups excluding carboxylic acids is 2.